The first-order chi connectivity index (χ1) is 7.32. The Balaban J connectivity index is 2.82. The zero-order valence-corrected chi connectivity index (χ0v) is 9.31. The number of nitrogens with zero attached hydrogens (tertiary/aromatic N) is 2. The Morgan fingerprint density at radius 1 is 1.25 bits per heavy atom. The number of carbonyl (C=O) groups excluding carboxylic acids is 2. The molecule has 0 radical (unpaired) electrons. The lowest BCUT2D eigenvalue weighted by Gasteiger charge is -2.16. The van der Waals surface area contributed by atoms with E-state index in [-0.39, 0.29) is 5.69 Å². The van der Waals surface area contributed by atoms with Crippen LogP contribution in [0.5, 0.6) is 5.88 Å². The standard InChI is InChI=1S/C10H13N3O3/c1-10(2,3)9(16)13-8(15)6-7(14)12-5-4-11-6/h4-5H,1-3H3,(H,12,14)(H,13,15,16). The quantitative estimate of drug-likeness (QED) is 0.722. The van der Waals surface area contributed by atoms with Crippen molar-refractivity contribution in [2.24, 2.45) is 5.41 Å². The normalized spacial score (nSPS) is 10.9. The third-order valence-electron chi connectivity index (χ3n) is 1.80. The lowest BCUT2D eigenvalue weighted by molar-refractivity contribution is -0.127. The summed E-state index contributed by atoms with van der Waals surface area (Å²) in [5.41, 5.74) is -0.951. The van der Waals surface area contributed by atoms with Crippen LogP contribution in [0.15, 0.2) is 12.4 Å². The van der Waals surface area contributed by atoms with Crippen LogP contribution in [0.2, 0.25) is 0 Å². The molecule has 6 nitrogen and oxygen atoms in total. The Labute approximate surface area is 92.7 Å². The van der Waals surface area contributed by atoms with E-state index in [1.54, 1.807) is 20.8 Å². The molecule has 0 spiro atoms. The van der Waals surface area contributed by atoms with E-state index in [1.165, 1.54) is 12.4 Å². The summed E-state index contributed by atoms with van der Waals surface area (Å²) in [5, 5.41) is 11.4. The van der Waals surface area contributed by atoms with Crippen LogP contribution in [0, 0.1) is 5.41 Å². The second-order valence-corrected chi connectivity index (χ2v) is 4.26. The van der Waals surface area contributed by atoms with E-state index in [9.17, 15) is 14.7 Å². The average molecular weight is 223 g/mol. The fourth-order valence-corrected chi connectivity index (χ4v) is 0.841. The highest BCUT2D eigenvalue weighted by Crippen LogP contribution is 2.14. The van der Waals surface area contributed by atoms with Crippen LogP contribution in [-0.2, 0) is 4.79 Å². The highest BCUT2D eigenvalue weighted by Gasteiger charge is 2.25. The third kappa shape index (κ3) is 2.75. The zero-order valence-electron chi connectivity index (χ0n) is 9.31. The van der Waals surface area contributed by atoms with Gasteiger partial charge in [-0.3, -0.25) is 14.9 Å². The molecule has 0 unspecified atom stereocenters. The van der Waals surface area contributed by atoms with E-state index in [0.29, 0.717) is 0 Å². The molecule has 0 bridgehead atoms. The fourth-order valence-electron chi connectivity index (χ4n) is 0.841. The average Bonchev–Trinajstić information content (AvgIpc) is 2.16. The van der Waals surface area contributed by atoms with Crippen LogP contribution in [0.25, 0.3) is 0 Å². The number of hydrogen-bond donors (Lipinski definition) is 2. The molecule has 16 heavy (non-hydrogen) atoms. The summed E-state index contributed by atoms with van der Waals surface area (Å²) in [4.78, 5) is 30.2. The van der Waals surface area contributed by atoms with Crippen LogP contribution in [0.4, 0.5) is 0 Å². The van der Waals surface area contributed by atoms with E-state index in [2.05, 4.69) is 15.3 Å². The summed E-state index contributed by atoms with van der Waals surface area (Å²) in [6.07, 6.45) is 2.51. The molecule has 2 N–H and O–H groups in total. The van der Waals surface area contributed by atoms with Gasteiger partial charge in [-0.15, -0.1) is 0 Å². The minimum absolute atomic E-state index is 0.264. The minimum atomic E-state index is -0.759. The van der Waals surface area contributed by atoms with E-state index in [4.69, 9.17) is 0 Å². The van der Waals surface area contributed by atoms with Crippen molar-refractivity contribution < 1.29 is 14.7 Å². The lowest BCUT2D eigenvalue weighted by Crippen LogP contribution is -2.39. The molecule has 0 aliphatic carbocycles. The summed E-state index contributed by atoms with van der Waals surface area (Å²) in [7, 11) is 0. The molecule has 0 saturated carbocycles. The number of aromatic hydroxyl groups is 1. The number of carbonyl (C=O) groups is 2. The SMILES string of the molecule is CC(C)(C)C(=O)NC(=O)c1nccnc1O. The number of amides is 2. The van der Waals surface area contributed by atoms with E-state index >= 15 is 0 Å². The summed E-state index contributed by atoms with van der Waals surface area (Å²) < 4.78 is 0. The zero-order chi connectivity index (χ0) is 12.3. The number of imide groups is 1. The molecule has 0 aliphatic rings. The first kappa shape index (κ1) is 12.1. The van der Waals surface area contributed by atoms with E-state index < -0.39 is 23.1 Å². The number of nitrogens with one attached hydrogen (secondary N) is 1. The van der Waals surface area contributed by atoms with Crippen molar-refractivity contribution in [2.45, 2.75) is 20.8 Å². The van der Waals surface area contributed by atoms with E-state index in [1.807, 2.05) is 0 Å². The van der Waals surface area contributed by atoms with Crippen molar-refractivity contribution >= 4 is 11.8 Å². The maximum absolute atomic E-state index is 11.5. The molecule has 1 rings (SSSR count). The van der Waals surface area contributed by atoms with Crippen LogP contribution >= 0.6 is 0 Å². The molecule has 0 aromatic carbocycles. The second kappa shape index (κ2) is 4.26. The first-order valence-electron chi connectivity index (χ1n) is 4.68. The molecule has 1 heterocycles. The molecule has 0 aliphatic heterocycles. The maximum atomic E-state index is 11.5. The van der Waals surface area contributed by atoms with Crippen LogP contribution in [-0.4, -0.2) is 26.9 Å². The Kier molecular flexibility index (Phi) is 3.22. The predicted octanol–water partition coefficient (Wildman–Crippen LogP) is 0.485. The topological polar surface area (TPSA) is 92.2 Å². The number of rotatable bonds is 1. The van der Waals surface area contributed by atoms with Crippen LogP contribution in [0.1, 0.15) is 31.3 Å². The van der Waals surface area contributed by atoms with Gasteiger partial charge in [0.15, 0.2) is 5.69 Å². The van der Waals surface area contributed by atoms with Crippen LogP contribution in [0.3, 0.4) is 0 Å². The van der Waals surface area contributed by atoms with Gasteiger partial charge in [0.25, 0.3) is 5.91 Å². The Hall–Kier alpha value is -1.98. The maximum Gasteiger partial charge on any atom is 0.282 e. The van der Waals surface area contributed by atoms with Gasteiger partial charge in [-0.2, -0.15) is 0 Å². The van der Waals surface area contributed by atoms with Crippen molar-refractivity contribution in [3.8, 4) is 5.88 Å². The molecule has 1 aromatic heterocycles. The summed E-state index contributed by atoms with van der Waals surface area (Å²) in [6, 6.07) is 0. The molecule has 1 aromatic rings. The molecule has 0 fully saturated rings. The number of hydrogen-bond acceptors (Lipinski definition) is 5. The van der Waals surface area contributed by atoms with Gasteiger partial charge in [-0.25, -0.2) is 9.97 Å². The highest BCUT2D eigenvalue weighted by atomic mass is 16.3. The Bertz CT molecular complexity index is 424. The molecule has 86 valence electrons. The van der Waals surface area contributed by atoms with Gasteiger partial charge >= 0.3 is 0 Å². The largest absolute Gasteiger partial charge is 0.492 e. The van der Waals surface area contributed by atoms with Crippen molar-refractivity contribution in [1.82, 2.24) is 15.3 Å². The lowest BCUT2D eigenvalue weighted by atomic mass is 9.96. The summed E-state index contributed by atoms with van der Waals surface area (Å²) >= 11 is 0. The smallest absolute Gasteiger partial charge is 0.282 e. The van der Waals surface area contributed by atoms with Gasteiger partial charge in [0.1, 0.15) is 0 Å². The van der Waals surface area contributed by atoms with Gasteiger partial charge in [-0.05, 0) is 0 Å². The monoisotopic (exact) mass is 223 g/mol. The highest BCUT2D eigenvalue weighted by molar-refractivity contribution is 6.05. The van der Waals surface area contributed by atoms with Crippen molar-refractivity contribution in [2.75, 3.05) is 0 Å². The molecular formula is C10H13N3O3. The van der Waals surface area contributed by atoms with Crippen molar-refractivity contribution in [1.29, 1.82) is 0 Å². The molecule has 0 atom stereocenters. The Morgan fingerprint density at radius 2 is 1.81 bits per heavy atom. The first-order valence-corrected chi connectivity index (χ1v) is 4.68. The second-order valence-electron chi connectivity index (χ2n) is 4.26. The van der Waals surface area contributed by atoms with Gasteiger partial charge in [0, 0.05) is 17.8 Å². The van der Waals surface area contributed by atoms with Gasteiger partial charge < -0.3 is 5.11 Å². The fraction of sp³-hybridized carbons (Fsp3) is 0.400. The minimum Gasteiger partial charge on any atom is -0.492 e. The third-order valence-corrected chi connectivity index (χ3v) is 1.80. The van der Waals surface area contributed by atoms with Gasteiger partial charge in [0.05, 0.1) is 0 Å². The molecule has 6 heteroatoms. The van der Waals surface area contributed by atoms with Crippen LogP contribution < -0.4 is 5.32 Å². The number of aromatic nitrogens is 2. The predicted molar refractivity (Wildman–Crippen MR) is 55.6 cm³/mol. The molecular weight excluding hydrogens is 210 g/mol. The summed E-state index contributed by atoms with van der Waals surface area (Å²) in [6.45, 7) is 5.02. The molecule has 2 amide bonds. The molecule has 0 saturated heterocycles. The van der Waals surface area contributed by atoms with Crippen molar-refractivity contribution in [3.63, 3.8) is 0 Å². The van der Waals surface area contributed by atoms with E-state index in [0.717, 1.165) is 0 Å². The Morgan fingerprint density at radius 3 is 2.31 bits per heavy atom. The van der Waals surface area contributed by atoms with Gasteiger partial charge in [0.2, 0.25) is 11.8 Å². The van der Waals surface area contributed by atoms with Crippen molar-refractivity contribution in [3.05, 3.63) is 18.1 Å². The van der Waals surface area contributed by atoms with Gasteiger partial charge in [-0.1, -0.05) is 20.8 Å². The summed E-state index contributed by atoms with van der Waals surface area (Å²) in [5.74, 6) is -1.70.